The molecule has 2 fully saturated rings. The van der Waals surface area contributed by atoms with E-state index in [4.69, 9.17) is 4.74 Å². The summed E-state index contributed by atoms with van der Waals surface area (Å²) >= 11 is 0. The zero-order valence-electron chi connectivity index (χ0n) is 13.9. The number of amides is 3. The van der Waals surface area contributed by atoms with Crippen molar-refractivity contribution in [2.45, 2.75) is 44.2 Å². The van der Waals surface area contributed by atoms with Crippen molar-refractivity contribution in [1.29, 1.82) is 0 Å². The molecule has 1 heterocycles. The quantitative estimate of drug-likeness (QED) is 0.887. The van der Waals surface area contributed by atoms with Crippen molar-refractivity contribution in [3.05, 3.63) is 30.3 Å². The Labute approximate surface area is 142 Å². The Morgan fingerprint density at radius 1 is 1.17 bits per heavy atom. The Morgan fingerprint density at radius 2 is 1.92 bits per heavy atom. The summed E-state index contributed by atoms with van der Waals surface area (Å²) in [5.74, 6) is -0.0518. The van der Waals surface area contributed by atoms with Crippen LogP contribution in [0.25, 0.3) is 0 Å². The molecule has 1 unspecified atom stereocenters. The fraction of sp³-hybridized carbons (Fsp3) is 0.556. The van der Waals surface area contributed by atoms with Crippen LogP contribution in [0, 0.1) is 0 Å². The van der Waals surface area contributed by atoms with Crippen molar-refractivity contribution in [2.24, 2.45) is 0 Å². The fourth-order valence-electron chi connectivity index (χ4n) is 3.30. The first kappa shape index (κ1) is 16.8. The van der Waals surface area contributed by atoms with Crippen LogP contribution in [-0.2, 0) is 9.53 Å². The standard InChI is InChI=1S/C18H25N3O3/c22-17-13-24-16(12-21(17)15-9-5-2-6-10-15)11-19-18(23)20-14-7-3-1-4-8-14/h2,5-6,9-10,14,16H,1,3-4,7-8,11-13H2,(H2,19,20,23). The molecule has 0 spiro atoms. The number of para-hydroxylation sites is 1. The number of urea groups is 1. The number of carbonyl (C=O) groups excluding carboxylic acids is 2. The van der Waals surface area contributed by atoms with E-state index in [1.54, 1.807) is 4.90 Å². The third-order valence-corrected chi connectivity index (χ3v) is 4.63. The molecule has 0 bridgehead atoms. The molecule has 3 rings (SSSR count). The number of nitrogens with one attached hydrogen (secondary N) is 2. The third kappa shape index (κ3) is 4.47. The number of hydrogen-bond donors (Lipinski definition) is 2. The number of ether oxygens (including phenoxy) is 1. The zero-order valence-corrected chi connectivity index (χ0v) is 13.9. The molecular weight excluding hydrogens is 306 g/mol. The van der Waals surface area contributed by atoms with Gasteiger partial charge in [0.1, 0.15) is 6.61 Å². The first-order valence-electron chi connectivity index (χ1n) is 8.74. The minimum atomic E-state index is -0.194. The van der Waals surface area contributed by atoms with Crippen LogP contribution in [0.2, 0.25) is 0 Å². The van der Waals surface area contributed by atoms with E-state index in [0.29, 0.717) is 13.1 Å². The lowest BCUT2D eigenvalue weighted by molar-refractivity contribution is -0.129. The Bertz CT molecular complexity index is 558. The number of benzene rings is 1. The van der Waals surface area contributed by atoms with Crippen LogP contribution in [0.4, 0.5) is 10.5 Å². The van der Waals surface area contributed by atoms with E-state index >= 15 is 0 Å². The van der Waals surface area contributed by atoms with Gasteiger partial charge in [0.15, 0.2) is 0 Å². The highest BCUT2D eigenvalue weighted by Gasteiger charge is 2.27. The molecule has 1 aliphatic heterocycles. The molecule has 1 aromatic rings. The van der Waals surface area contributed by atoms with Gasteiger partial charge in [-0.15, -0.1) is 0 Å². The minimum absolute atomic E-state index is 0.0471. The van der Waals surface area contributed by atoms with Gasteiger partial charge >= 0.3 is 6.03 Å². The highest BCUT2D eigenvalue weighted by atomic mass is 16.5. The average molecular weight is 331 g/mol. The summed E-state index contributed by atoms with van der Waals surface area (Å²) in [6, 6.07) is 9.68. The van der Waals surface area contributed by atoms with Gasteiger partial charge in [-0.25, -0.2) is 4.79 Å². The van der Waals surface area contributed by atoms with Crippen LogP contribution in [-0.4, -0.2) is 43.8 Å². The molecule has 24 heavy (non-hydrogen) atoms. The zero-order chi connectivity index (χ0) is 16.8. The van der Waals surface area contributed by atoms with Crippen molar-refractivity contribution < 1.29 is 14.3 Å². The van der Waals surface area contributed by atoms with Gasteiger partial charge in [-0.2, -0.15) is 0 Å². The van der Waals surface area contributed by atoms with E-state index < -0.39 is 0 Å². The molecule has 0 radical (unpaired) electrons. The van der Waals surface area contributed by atoms with E-state index in [9.17, 15) is 9.59 Å². The molecule has 1 saturated heterocycles. The van der Waals surface area contributed by atoms with E-state index in [1.807, 2.05) is 30.3 Å². The van der Waals surface area contributed by atoms with Crippen LogP contribution in [0.3, 0.4) is 0 Å². The minimum Gasteiger partial charge on any atom is -0.365 e. The second kappa shape index (κ2) is 8.15. The molecule has 1 aliphatic carbocycles. The monoisotopic (exact) mass is 331 g/mol. The summed E-state index contributed by atoms with van der Waals surface area (Å²) in [6.07, 6.45) is 5.56. The molecule has 130 valence electrons. The average Bonchev–Trinajstić information content (AvgIpc) is 2.62. The first-order valence-corrected chi connectivity index (χ1v) is 8.74. The predicted octanol–water partition coefficient (Wildman–Crippen LogP) is 2.05. The number of rotatable bonds is 4. The van der Waals surface area contributed by atoms with Gasteiger partial charge in [0, 0.05) is 18.3 Å². The topological polar surface area (TPSA) is 70.7 Å². The van der Waals surface area contributed by atoms with Crippen molar-refractivity contribution in [1.82, 2.24) is 10.6 Å². The lowest BCUT2D eigenvalue weighted by Crippen LogP contribution is -2.52. The number of morpholine rings is 1. The van der Waals surface area contributed by atoms with Gasteiger partial charge in [0.2, 0.25) is 0 Å². The molecule has 2 N–H and O–H groups in total. The number of anilines is 1. The smallest absolute Gasteiger partial charge is 0.315 e. The van der Waals surface area contributed by atoms with E-state index in [-0.39, 0.29) is 30.7 Å². The van der Waals surface area contributed by atoms with Gasteiger partial charge < -0.3 is 20.3 Å². The summed E-state index contributed by atoms with van der Waals surface area (Å²) in [7, 11) is 0. The van der Waals surface area contributed by atoms with Crippen LogP contribution in [0.5, 0.6) is 0 Å². The summed E-state index contributed by atoms with van der Waals surface area (Å²) in [5.41, 5.74) is 0.863. The van der Waals surface area contributed by atoms with Crippen molar-refractivity contribution in [3.63, 3.8) is 0 Å². The lowest BCUT2D eigenvalue weighted by Gasteiger charge is -2.33. The summed E-state index contributed by atoms with van der Waals surface area (Å²) < 4.78 is 5.55. The van der Waals surface area contributed by atoms with Gasteiger partial charge in [-0.1, -0.05) is 37.5 Å². The maximum Gasteiger partial charge on any atom is 0.315 e. The molecule has 1 atom stereocenters. The number of hydrogen-bond acceptors (Lipinski definition) is 3. The van der Waals surface area contributed by atoms with E-state index in [2.05, 4.69) is 10.6 Å². The molecule has 6 nitrogen and oxygen atoms in total. The highest BCUT2D eigenvalue weighted by Crippen LogP contribution is 2.18. The van der Waals surface area contributed by atoms with Crippen molar-refractivity contribution in [2.75, 3.05) is 24.6 Å². The first-order chi connectivity index (χ1) is 11.7. The highest BCUT2D eigenvalue weighted by molar-refractivity contribution is 5.94. The number of nitrogens with zero attached hydrogens (tertiary/aromatic N) is 1. The summed E-state index contributed by atoms with van der Waals surface area (Å²) in [5, 5.41) is 5.90. The maximum atomic E-state index is 12.0. The van der Waals surface area contributed by atoms with Gasteiger partial charge in [-0.3, -0.25) is 4.79 Å². The third-order valence-electron chi connectivity index (χ3n) is 4.63. The largest absolute Gasteiger partial charge is 0.365 e. The molecule has 3 amide bonds. The molecular formula is C18H25N3O3. The molecule has 0 aromatic heterocycles. The fourth-order valence-corrected chi connectivity index (χ4v) is 3.30. The molecule has 1 aromatic carbocycles. The van der Waals surface area contributed by atoms with Crippen LogP contribution < -0.4 is 15.5 Å². The Kier molecular flexibility index (Phi) is 5.69. The summed E-state index contributed by atoms with van der Waals surface area (Å²) in [4.78, 5) is 25.8. The Morgan fingerprint density at radius 3 is 2.67 bits per heavy atom. The Balaban J connectivity index is 1.47. The lowest BCUT2D eigenvalue weighted by atomic mass is 9.96. The van der Waals surface area contributed by atoms with E-state index in [1.165, 1.54) is 19.3 Å². The van der Waals surface area contributed by atoms with Crippen molar-refractivity contribution >= 4 is 17.6 Å². The van der Waals surface area contributed by atoms with Gasteiger partial charge in [-0.05, 0) is 25.0 Å². The van der Waals surface area contributed by atoms with E-state index in [0.717, 1.165) is 18.5 Å². The second-order valence-electron chi connectivity index (χ2n) is 6.46. The second-order valence-corrected chi connectivity index (χ2v) is 6.46. The van der Waals surface area contributed by atoms with Crippen LogP contribution in [0.1, 0.15) is 32.1 Å². The molecule has 6 heteroatoms. The maximum absolute atomic E-state index is 12.0. The van der Waals surface area contributed by atoms with Crippen LogP contribution in [0.15, 0.2) is 30.3 Å². The van der Waals surface area contributed by atoms with Gasteiger partial charge in [0.25, 0.3) is 5.91 Å². The summed E-state index contributed by atoms with van der Waals surface area (Å²) in [6.45, 7) is 0.896. The Hall–Kier alpha value is -2.08. The van der Waals surface area contributed by atoms with Crippen molar-refractivity contribution in [3.8, 4) is 0 Å². The molecule has 1 saturated carbocycles. The van der Waals surface area contributed by atoms with Crippen LogP contribution >= 0.6 is 0 Å². The SMILES string of the molecule is O=C(NCC1CN(c2ccccc2)C(=O)CO1)NC1CCCCC1. The number of carbonyl (C=O) groups is 2. The predicted molar refractivity (Wildman–Crippen MR) is 91.9 cm³/mol. The molecule has 2 aliphatic rings. The van der Waals surface area contributed by atoms with Gasteiger partial charge in [0.05, 0.1) is 12.6 Å². The normalized spacial score (nSPS) is 22.2.